The summed E-state index contributed by atoms with van der Waals surface area (Å²) in [6, 6.07) is 0. The van der Waals surface area contributed by atoms with E-state index in [2.05, 4.69) is 19.2 Å². The van der Waals surface area contributed by atoms with Gasteiger partial charge >= 0.3 is 0 Å². The molecule has 0 aliphatic heterocycles. The van der Waals surface area contributed by atoms with Crippen molar-refractivity contribution in [2.24, 2.45) is 17.1 Å². The zero-order valence-corrected chi connectivity index (χ0v) is 12.1. The summed E-state index contributed by atoms with van der Waals surface area (Å²) in [5, 5.41) is 3.08. The molecule has 0 unspecified atom stereocenters. The van der Waals surface area contributed by atoms with E-state index in [0.29, 0.717) is 12.5 Å². The van der Waals surface area contributed by atoms with Gasteiger partial charge in [0.15, 0.2) is 0 Å². The van der Waals surface area contributed by atoms with E-state index < -0.39 is 0 Å². The predicted molar refractivity (Wildman–Crippen MR) is 76.3 cm³/mol. The summed E-state index contributed by atoms with van der Waals surface area (Å²) in [4.78, 5) is 11.9. The Morgan fingerprint density at radius 2 is 1.83 bits per heavy atom. The fourth-order valence-electron chi connectivity index (χ4n) is 2.72. The Morgan fingerprint density at radius 3 is 2.39 bits per heavy atom. The molecule has 0 bridgehead atoms. The Labute approximate surface area is 112 Å². The topological polar surface area (TPSA) is 55.1 Å². The van der Waals surface area contributed by atoms with Crippen LogP contribution in [0.1, 0.15) is 65.2 Å². The van der Waals surface area contributed by atoms with Gasteiger partial charge in [0.2, 0.25) is 5.91 Å². The van der Waals surface area contributed by atoms with Gasteiger partial charge in [-0.2, -0.15) is 0 Å². The lowest BCUT2D eigenvalue weighted by Gasteiger charge is -2.24. The van der Waals surface area contributed by atoms with Crippen molar-refractivity contribution >= 4 is 5.91 Å². The van der Waals surface area contributed by atoms with Gasteiger partial charge in [-0.25, -0.2) is 0 Å². The van der Waals surface area contributed by atoms with Gasteiger partial charge in [-0.05, 0) is 37.1 Å². The minimum atomic E-state index is 0.119. The van der Waals surface area contributed by atoms with Crippen molar-refractivity contribution in [3.05, 3.63) is 0 Å². The SMILES string of the molecule is CC(C)(CCN)CNC(=O)CC1CCCCCC1. The van der Waals surface area contributed by atoms with Gasteiger partial charge in [-0.1, -0.05) is 39.5 Å². The van der Waals surface area contributed by atoms with Crippen molar-refractivity contribution in [3.8, 4) is 0 Å². The number of rotatable bonds is 6. The lowest BCUT2D eigenvalue weighted by Crippen LogP contribution is -2.35. The number of nitrogens with one attached hydrogen (secondary N) is 1. The highest BCUT2D eigenvalue weighted by Crippen LogP contribution is 2.25. The second kappa shape index (κ2) is 7.78. The van der Waals surface area contributed by atoms with Gasteiger partial charge in [-0.3, -0.25) is 4.79 Å². The van der Waals surface area contributed by atoms with E-state index in [1.54, 1.807) is 0 Å². The summed E-state index contributed by atoms with van der Waals surface area (Å²) >= 11 is 0. The molecular formula is C15H30N2O. The fraction of sp³-hybridized carbons (Fsp3) is 0.933. The Kier molecular flexibility index (Phi) is 6.69. The monoisotopic (exact) mass is 254 g/mol. The van der Waals surface area contributed by atoms with Crippen LogP contribution in [0, 0.1) is 11.3 Å². The number of hydrogen-bond acceptors (Lipinski definition) is 2. The molecule has 18 heavy (non-hydrogen) atoms. The molecule has 1 rings (SSSR count). The number of carbonyl (C=O) groups is 1. The van der Waals surface area contributed by atoms with E-state index in [9.17, 15) is 4.79 Å². The van der Waals surface area contributed by atoms with Gasteiger partial charge in [0, 0.05) is 13.0 Å². The molecule has 1 saturated carbocycles. The molecule has 1 aliphatic carbocycles. The second-order valence-electron chi connectivity index (χ2n) is 6.54. The predicted octanol–water partition coefficient (Wildman–Crippen LogP) is 2.84. The number of amides is 1. The van der Waals surface area contributed by atoms with E-state index >= 15 is 0 Å². The zero-order valence-electron chi connectivity index (χ0n) is 12.1. The average Bonchev–Trinajstić information content (AvgIpc) is 2.55. The Morgan fingerprint density at radius 1 is 1.22 bits per heavy atom. The molecule has 0 spiro atoms. The summed E-state index contributed by atoms with van der Waals surface area (Å²) < 4.78 is 0. The third-order valence-electron chi connectivity index (χ3n) is 4.03. The number of nitrogens with two attached hydrogens (primary N) is 1. The third kappa shape index (κ3) is 6.39. The average molecular weight is 254 g/mol. The van der Waals surface area contributed by atoms with Gasteiger partial charge in [-0.15, -0.1) is 0 Å². The lowest BCUT2D eigenvalue weighted by molar-refractivity contribution is -0.122. The van der Waals surface area contributed by atoms with Crippen molar-refractivity contribution in [3.63, 3.8) is 0 Å². The van der Waals surface area contributed by atoms with Gasteiger partial charge in [0.1, 0.15) is 0 Å². The molecule has 3 N–H and O–H groups in total. The van der Waals surface area contributed by atoms with Crippen molar-refractivity contribution in [2.45, 2.75) is 65.2 Å². The van der Waals surface area contributed by atoms with E-state index in [1.807, 2.05) is 0 Å². The minimum absolute atomic E-state index is 0.119. The molecule has 0 aromatic carbocycles. The first kappa shape index (κ1) is 15.5. The van der Waals surface area contributed by atoms with Crippen molar-refractivity contribution < 1.29 is 4.79 Å². The van der Waals surface area contributed by atoms with Crippen LogP contribution in [0.4, 0.5) is 0 Å². The molecule has 0 saturated heterocycles. The second-order valence-corrected chi connectivity index (χ2v) is 6.54. The summed E-state index contributed by atoms with van der Waals surface area (Å²) in [6.45, 7) is 5.75. The van der Waals surface area contributed by atoms with Crippen molar-refractivity contribution in [1.29, 1.82) is 0 Å². The Bertz CT molecular complexity index is 243. The van der Waals surface area contributed by atoms with Gasteiger partial charge in [0.05, 0.1) is 0 Å². The van der Waals surface area contributed by atoms with E-state index in [4.69, 9.17) is 5.73 Å². The largest absolute Gasteiger partial charge is 0.356 e. The normalized spacial score (nSPS) is 18.4. The smallest absolute Gasteiger partial charge is 0.220 e. The molecule has 106 valence electrons. The maximum absolute atomic E-state index is 11.9. The van der Waals surface area contributed by atoms with Crippen LogP contribution in [0.2, 0.25) is 0 Å². The molecule has 0 radical (unpaired) electrons. The van der Waals surface area contributed by atoms with Crippen LogP contribution in [-0.2, 0) is 4.79 Å². The standard InChI is InChI=1S/C15H30N2O/c1-15(2,9-10-16)12-17-14(18)11-13-7-5-3-4-6-8-13/h13H,3-12,16H2,1-2H3,(H,17,18). The highest BCUT2D eigenvalue weighted by Gasteiger charge is 2.20. The molecule has 0 aromatic rings. The highest BCUT2D eigenvalue weighted by atomic mass is 16.1. The van der Waals surface area contributed by atoms with Crippen molar-refractivity contribution in [2.75, 3.05) is 13.1 Å². The molecule has 0 aromatic heterocycles. The minimum Gasteiger partial charge on any atom is -0.356 e. The molecule has 1 fully saturated rings. The Hall–Kier alpha value is -0.570. The fourth-order valence-corrected chi connectivity index (χ4v) is 2.72. The van der Waals surface area contributed by atoms with E-state index in [0.717, 1.165) is 19.4 Å². The molecule has 0 atom stereocenters. The van der Waals surface area contributed by atoms with Crippen LogP contribution in [0.5, 0.6) is 0 Å². The van der Waals surface area contributed by atoms with Crippen LogP contribution < -0.4 is 11.1 Å². The van der Waals surface area contributed by atoms with E-state index in [-0.39, 0.29) is 11.3 Å². The third-order valence-corrected chi connectivity index (χ3v) is 4.03. The number of hydrogen-bond donors (Lipinski definition) is 2. The Balaban J connectivity index is 2.24. The molecule has 1 aliphatic rings. The molecule has 0 heterocycles. The van der Waals surface area contributed by atoms with Gasteiger partial charge < -0.3 is 11.1 Å². The van der Waals surface area contributed by atoms with Crippen LogP contribution in [0.15, 0.2) is 0 Å². The highest BCUT2D eigenvalue weighted by molar-refractivity contribution is 5.76. The van der Waals surface area contributed by atoms with Crippen molar-refractivity contribution in [1.82, 2.24) is 5.32 Å². The first-order valence-corrected chi connectivity index (χ1v) is 7.50. The summed E-state index contributed by atoms with van der Waals surface area (Å²) in [7, 11) is 0. The summed E-state index contributed by atoms with van der Waals surface area (Å²) in [5.41, 5.74) is 5.69. The maximum atomic E-state index is 11.9. The maximum Gasteiger partial charge on any atom is 0.220 e. The lowest BCUT2D eigenvalue weighted by atomic mass is 9.89. The van der Waals surface area contributed by atoms with E-state index in [1.165, 1.54) is 38.5 Å². The number of carbonyl (C=O) groups excluding carboxylic acids is 1. The zero-order chi connectivity index (χ0) is 13.4. The van der Waals surface area contributed by atoms with Crippen LogP contribution in [0.3, 0.4) is 0 Å². The first-order valence-electron chi connectivity index (χ1n) is 7.50. The van der Waals surface area contributed by atoms with Crippen LogP contribution in [-0.4, -0.2) is 19.0 Å². The van der Waals surface area contributed by atoms with Crippen LogP contribution in [0.25, 0.3) is 0 Å². The van der Waals surface area contributed by atoms with Crippen LogP contribution >= 0.6 is 0 Å². The molecule has 1 amide bonds. The first-order chi connectivity index (χ1) is 8.53. The quantitative estimate of drug-likeness (QED) is 0.716. The molecular weight excluding hydrogens is 224 g/mol. The molecule has 3 heteroatoms. The van der Waals surface area contributed by atoms with Gasteiger partial charge in [0.25, 0.3) is 0 Å². The molecule has 3 nitrogen and oxygen atoms in total. The summed E-state index contributed by atoms with van der Waals surface area (Å²) in [5.74, 6) is 0.845. The summed E-state index contributed by atoms with van der Waals surface area (Å²) in [6.07, 6.45) is 9.45.